The van der Waals surface area contributed by atoms with Crippen molar-refractivity contribution in [1.29, 1.82) is 0 Å². The number of halogens is 2. The van der Waals surface area contributed by atoms with Gasteiger partial charge in [0.25, 0.3) is 5.92 Å². The van der Waals surface area contributed by atoms with E-state index < -0.39 is 17.9 Å². The van der Waals surface area contributed by atoms with Gasteiger partial charge >= 0.3 is 0 Å². The first kappa shape index (κ1) is 39.9. The van der Waals surface area contributed by atoms with E-state index >= 15 is 8.78 Å². The Balaban J connectivity index is 0.000000468. The van der Waals surface area contributed by atoms with Crippen LogP contribution in [0.1, 0.15) is 65.2 Å². The number of ether oxygens (including phenoxy) is 2. The molecule has 3 unspecified atom stereocenters. The number of allylic oxidation sites excluding steroid dienone is 3. The van der Waals surface area contributed by atoms with Crippen LogP contribution in [0.25, 0.3) is 10.8 Å². The van der Waals surface area contributed by atoms with E-state index in [1.165, 1.54) is 25.0 Å². The van der Waals surface area contributed by atoms with Crippen molar-refractivity contribution in [3.05, 3.63) is 90.7 Å². The number of benzene rings is 3. The summed E-state index contributed by atoms with van der Waals surface area (Å²) < 4.78 is 45.0. The summed E-state index contributed by atoms with van der Waals surface area (Å²) in [4.78, 5) is 16.6. The summed E-state index contributed by atoms with van der Waals surface area (Å²) >= 11 is 1.03. The largest absolute Gasteiger partial charge is 0.490 e. The van der Waals surface area contributed by atoms with Crippen LogP contribution < -0.4 is 19.9 Å². The van der Waals surface area contributed by atoms with Gasteiger partial charge in [0.15, 0.2) is 0 Å². The number of carbonyl (C=O) groups is 1. The van der Waals surface area contributed by atoms with E-state index in [0.29, 0.717) is 11.5 Å². The van der Waals surface area contributed by atoms with E-state index in [9.17, 15) is 4.79 Å². The predicted octanol–water partition coefficient (Wildman–Crippen LogP) is 8.70. The number of nitrogens with one attached hydrogen (secondary N) is 1. The van der Waals surface area contributed by atoms with Crippen LogP contribution in [-0.4, -0.2) is 55.4 Å². The molecule has 2 aliphatic rings. The monoisotopic (exact) mass is 695 g/mol. The zero-order chi connectivity index (χ0) is 35.6. The second kappa shape index (κ2) is 20.8. The summed E-state index contributed by atoms with van der Waals surface area (Å²) in [6.07, 6.45) is 13.0. The van der Waals surface area contributed by atoms with Crippen LogP contribution in [0, 0.1) is 5.92 Å². The van der Waals surface area contributed by atoms with Crippen molar-refractivity contribution in [2.75, 3.05) is 14.2 Å². The first-order valence-electron chi connectivity index (χ1n) is 17.0. The van der Waals surface area contributed by atoms with E-state index in [1.54, 1.807) is 18.2 Å². The topological polar surface area (TPSA) is 106 Å². The summed E-state index contributed by atoms with van der Waals surface area (Å²) in [6.45, 7) is 4.24. The average Bonchev–Trinajstić information content (AvgIpc) is 3.65. The maximum absolute atomic E-state index is 15.3. The molecule has 3 aromatic carbocycles. The van der Waals surface area contributed by atoms with Gasteiger partial charge in [-0.25, -0.2) is 13.5 Å². The van der Waals surface area contributed by atoms with Crippen molar-refractivity contribution >= 4 is 34.7 Å². The fraction of sp³-hybridized carbons (Fsp3) is 0.436. The molecule has 266 valence electrons. The third kappa shape index (κ3) is 12.1. The highest BCUT2D eigenvalue weighted by Gasteiger charge is 2.46. The van der Waals surface area contributed by atoms with Gasteiger partial charge < -0.3 is 25.1 Å². The van der Waals surface area contributed by atoms with Crippen LogP contribution in [0.5, 0.6) is 11.5 Å². The van der Waals surface area contributed by atoms with Gasteiger partial charge in [-0.2, -0.15) is 0 Å². The summed E-state index contributed by atoms with van der Waals surface area (Å²) in [5.74, 6) is -2.39. The van der Waals surface area contributed by atoms with E-state index in [2.05, 4.69) is 23.6 Å². The molecule has 3 aromatic rings. The van der Waals surface area contributed by atoms with Gasteiger partial charge in [-0.3, -0.25) is 4.99 Å². The van der Waals surface area contributed by atoms with E-state index in [-0.39, 0.29) is 24.9 Å². The molecular weight excluding hydrogens is 645 g/mol. The number of aliphatic hydroxyl groups excluding tert-OH is 1. The van der Waals surface area contributed by atoms with Crippen molar-refractivity contribution in [3.63, 3.8) is 0 Å². The molecule has 7 nitrogen and oxygen atoms in total. The van der Waals surface area contributed by atoms with Crippen molar-refractivity contribution in [3.8, 4) is 11.5 Å². The highest BCUT2D eigenvalue weighted by Crippen LogP contribution is 2.36. The van der Waals surface area contributed by atoms with Gasteiger partial charge in [-0.05, 0) is 116 Å². The third-order valence-electron chi connectivity index (χ3n) is 8.44. The lowest BCUT2D eigenvalue weighted by Gasteiger charge is -2.30. The van der Waals surface area contributed by atoms with Gasteiger partial charge in [0.2, 0.25) is 0 Å². The Morgan fingerprint density at radius 3 is 2.37 bits per heavy atom. The van der Waals surface area contributed by atoms with Crippen molar-refractivity contribution in [2.45, 2.75) is 94.2 Å². The maximum Gasteiger partial charge on any atom is 0.277 e. The number of alkyl halides is 2. The van der Waals surface area contributed by atoms with E-state index in [4.69, 9.17) is 20.3 Å². The molecule has 10 heteroatoms. The first-order valence-corrected chi connectivity index (χ1v) is 17.8. The quantitative estimate of drug-likeness (QED) is 0.0880. The lowest BCUT2D eigenvalue weighted by Crippen LogP contribution is -2.48. The lowest BCUT2D eigenvalue weighted by molar-refractivity contribution is -0.122. The number of aliphatic hydroxyl groups is 1. The summed E-state index contributed by atoms with van der Waals surface area (Å²) in [7, 11) is 2.82. The van der Waals surface area contributed by atoms with Gasteiger partial charge in [0.1, 0.15) is 29.6 Å². The number of nitrogens with zero attached hydrogens (tertiary/aromatic N) is 1. The Morgan fingerprint density at radius 2 is 1.76 bits per heavy atom. The molecule has 4 N–H and O–H groups in total. The zero-order valence-electron chi connectivity index (χ0n) is 29.0. The number of hydrogen-bond donors (Lipinski definition) is 3. The second-order valence-corrected chi connectivity index (χ2v) is 12.8. The van der Waals surface area contributed by atoms with Crippen LogP contribution >= 0.6 is 11.9 Å². The second-order valence-electron chi connectivity index (χ2n) is 11.9. The van der Waals surface area contributed by atoms with Crippen molar-refractivity contribution in [2.24, 2.45) is 16.6 Å². The van der Waals surface area contributed by atoms with Crippen LogP contribution in [0.3, 0.4) is 0 Å². The fourth-order valence-electron chi connectivity index (χ4n) is 5.64. The molecular formula is C39H51F2N3O4S. The highest BCUT2D eigenvalue weighted by molar-refractivity contribution is 7.97. The molecule has 1 saturated carbocycles. The van der Waals surface area contributed by atoms with Crippen molar-refractivity contribution in [1.82, 2.24) is 4.72 Å². The van der Waals surface area contributed by atoms with Gasteiger partial charge in [-0.15, -0.1) is 0 Å². The molecule has 2 aliphatic carbocycles. The summed E-state index contributed by atoms with van der Waals surface area (Å²) in [5.41, 5.74) is 6.94. The minimum atomic E-state index is -3.27. The molecule has 0 amide bonds. The maximum atomic E-state index is 15.3. The molecule has 0 spiro atoms. The number of carbonyl (C=O) groups excluding carboxylic acids is 1. The SMILES string of the molecule is CCCC(=NC)C(N)CC.CO.O=CC(NSc1ccc2cc(OC3CCCC3)ccc2c1)C(F)(F)C1C=CC(Oc2ccccc2)=CC1. The normalized spacial score (nSPS) is 17.6. The Kier molecular flexibility index (Phi) is 16.9. The molecule has 3 atom stereocenters. The Morgan fingerprint density at radius 1 is 1.06 bits per heavy atom. The van der Waals surface area contributed by atoms with Crippen LogP contribution in [-0.2, 0) is 4.79 Å². The molecule has 5 rings (SSSR count). The molecule has 0 heterocycles. The van der Waals surface area contributed by atoms with E-state index in [0.717, 1.165) is 78.3 Å². The first-order chi connectivity index (χ1) is 23.8. The third-order valence-corrected chi connectivity index (χ3v) is 9.30. The van der Waals surface area contributed by atoms with Gasteiger partial charge in [0, 0.05) is 36.7 Å². The van der Waals surface area contributed by atoms with Crippen LogP contribution in [0.2, 0.25) is 0 Å². The molecule has 0 saturated heterocycles. The number of fused-ring (bicyclic) bond motifs is 1. The smallest absolute Gasteiger partial charge is 0.277 e. The number of hydrogen-bond acceptors (Lipinski definition) is 8. The number of para-hydroxylation sites is 1. The summed E-state index contributed by atoms with van der Waals surface area (Å²) in [5, 5.41) is 9.00. The predicted molar refractivity (Wildman–Crippen MR) is 198 cm³/mol. The minimum Gasteiger partial charge on any atom is -0.490 e. The number of aldehydes is 1. The summed E-state index contributed by atoms with van der Waals surface area (Å²) in [6, 6.07) is 19.4. The molecule has 49 heavy (non-hydrogen) atoms. The molecule has 0 radical (unpaired) electrons. The average molecular weight is 696 g/mol. The zero-order valence-corrected chi connectivity index (χ0v) is 29.8. The number of nitrogens with two attached hydrogens (primary N) is 1. The molecule has 0 aliphatic heterocycles. The molecule has 1 fully saturated rings. The van der Waals surface area contributed by atoms with E-state index in [1.807, 2.05) is 61.6 Å². The van der Waals surface area contributed by atoms with Crippen LogP contribution in [0.4, 0.5) is 8.78 Å². The lowest BCUT2D eigenvalue weighted by atomic mass is 9.89. The van der Waals surface area contributed by atoms with Crippen molar-refractivity contribution < 1.29 is 28.2 Å². The molecule has 0 bridgehead atoms. The number of rotatable bonds is 14. The molecule has 0 aromatic heterocycles. The minimum absolute atomic E-state index is 0.0730. The highest BCUT2D eigenvalue weighted by atomic mass is 32.2. The van der Waals surface area contributed by atoms with Gasteiger partial charge in [0.05, 0.1) is 6.10 Å². The van der Waals surface area contributed by atoms with Gasteiger partial charge in [-0.1, -0.05) is 56.7 Å². The standard InChI is InChI=1S/C30H29F2NO3S.C8H18N2.CH4O/c31-30(32,23-12-15-26(16-13-23)35-24-6-2-1-3-7-24)29(20-34)33-37-28-17-11-21-18-27(14-10-22(21)19-28)36-25-8-4-5-9-25;1-4-6-8(10-3)7(9)5-2;1-2/h1-3,6-7,10-12,14-20,23,25,29,33H,4-5,8-9,13H2;7H,4-6,9H2,1-3H3;2H,1H3. The van der Waals surface area contributed by atoms with Crippen LogP contribution in [0.15, 0.2) is 101 Å². The number of aliphatic imine (C=N–C) groups is 1. The Bertz CT molecular complexity index is 1530. The Hall–Kier alpha value is -3.57. The fourth-order valence-corrected chi connectivity index (χ4v) is 6.44. The Labute approximate surface area is 294 Å².